The first-order valence-electron chi connectivity index (χ1n) is 7.15. The van der Waals surface area contributed by atoms with E-state index in [0.29, 0.717) is 16.1 Å². The first kappa shape index (κ1) is 17.4. The molecule has 0 saturated heterocycles. The quantitative estimate of drug-likeness (QED) is 0.786. The number of rotatable bonds is 5. The number of aliphatic hydroxyl groups excluding tert-OH is 1. The van der Waals surface area contributed by atoms with Crippen molar-refractivity contribution in [1.82, 2.24) is 5.32 Å². The van der Waals surface area contributed by atoms with Crippen molar-refractivity contribution >= 4 is 23.2 Å². The van der Waals surface area contributed by atoms with E-state index in [-0.39, 0.29) is 5.69 Å². The smallest absolute Gasteiger partial charge is 0.244 e. The molecule has 0 aliphatic rings. The van der Waals surface area contributed by atoms with Crippen LogP contribution in [0.25, 0.3) is 11.1 Å². The van der Waals surface area contributed by atoms with Crippen molar-refractivity contribution in [1.29, 1.82) is 0 Å². The maximum atomic E-state index is 14.7. The molecule has 2 atom stereocenters. The average molecular weight is 337 g/mol. The molecule has 0 fully saturated rings. The van der Waals surface area contributed by atoms with Gasteiger partial charge in [0.2, 0.25) is 5.91 Å². The molecule has 2 aromatic carbocycles. The lowest BCUT2D eigenvalue weighted by Crippen LogP contribution is -2.46. The van der Waals surface area contributed by atoms with E-state index in [1.54, 1.807) is 43.4 Å². The van der Waals surface area contributed by atoms with Crippen LogP contribution in [-0.2, 0) is 4.79 Å². The number of anilines is 1. The van der Waals surface area contributed by atoms with E-state index in [1.165, 1.54) is 13.0 Å². The summed E-state index contributed by atoms with van der Waals surface area (Å²) in [6.45, 7) is 1.48. The molecular weight excluding hydrogens is 319 g/mol. The molecule has 0 aliphatic carbocycles. The van der Waals surface area contributed by atoms with Crippen LogP contribution < -0.4 is 10.6 Å². The van der Waals surface area contributed by atoms with Gasteiger partial charge in [-0.15, -0.1) is 0 Å². The number of carbonyl (C=O) groups is 1. The number of benzene rings is 2. The summed E-state index contributed by atoms with van der Waals surface area (Å²) < 4.78 is 14.7. The first-order chi connectivity index (χ1) is 11.0. The van der Waals surface area contributed by atoms with Crippen molar-refractivity contribution in [2.75, 3.05) is 12.4 Å². The molecule has 122 valence electrons. The number of amides is 1. The van der Waals surface area contributed by atoms with Gasteiger partial charge < -0.3 is 15.7 Å². The van der Waals surface area contributed by atoms with Gasteiger partial charge in [0.1, 0.15) is 6.04 Å². The molecule has 2 rings (SSSR count). The highest BCUT2D eigenvalue weighted by molar-refractivity contribution is 6.33. The number of hydrogen-bond donors (Lipinski definition) is 3. The van der Waals surface area contributed by atoms with Crippen LogP contribution in [-0.4, -0.2) is 30.2 Å². The fourth-order valence-electron chi connectivity index (χ4n) is 2.32. The van der Waals surface area contributed by atoms with Crippen LogP contribution in [0, 0.1) is 5.82 Å². The van der Waals surface area contributed by atoms with Gasteiger partial charge in [-0.05, 0) is 26.1 Å². The summed E-state index contributed by atoms with van der Waals surface area (Å²) in [4.78, 5) is 12.1. The number of aliphatic hydroxyl groups is 1. The highest BCUT2D eigenvalue weighted by atomic mass is 35.5. The van der Waals surface area contributed by atoms with Gasteiger partial charge in [0.05, 0.1) is 11.8 Å². The van der Waals surface area contributed by atoms with Crippen molar-refractivity contribution in [3.05, 3.63) is 53.3 Å². The molecule has 0 saturated carbocycles. The maximum Gasteiger partial charge on any atom is 0.244 e. The zero-order chi connectivity index (χ0) is 17.0. The lowest BCUT2D eigenvalue weighted by Gasteiger charge is -2.19. The lowest BCUT2D eigenvalue weighted by atomic mass is 10.0. The number of carbonyl (C=O) groups excluding carboxylic acids is 1. The van der Waals surface area contributed by atoms with Gasteiger partial charge in [-0.1, -0.05) is 41.9 Å². The predicted molar refractivity (Wildman–Crippen MR) is 90.0 cm³/mol. The Morgan fingerprint density at radius 3 is 2.43 bits per heavy atom. The Hall–Kier alpha value is -1.95. The molecule has 0 spiro atoms. The minimum Gasteiger partial charge on any atom is -0.391 e. The molecule has 4 nitrogen and oxygen atoms in total. The molecule has 0 aliphatic heterocycles. The third-order valence-corrected chi connectivity index (χ3v) is 3.83. The van der Waals surface area contributed by atoms with Crippen LogP contribution >= 0.6 is 11.6 Å². The molecule has 2 aromatic rings. The molecular formula is C17H18ClFN2O2. The van der Waals surface area contributed by atoms with Crippen LogP contribution in [0.4, 0.5) is 10.1 Å². The fourth-order valence-corrected chi connectivity index (χ4v) is 2.56. The fraction of sp³-hybridized carbons (Fsp3) is 0.235. The summed E-state index contributed by atoms with van der Waals surface area (Å²) in [5.74, 6) is -1.09. The molecule has 0 bridgehead atoms. The second-order valence-corrected chi connectivity index (χ2v) is 5.55. The van der Waals surface area contributed by atoms with Gasteiger partial charge in [0, 0.05) is 16.1 Å². The topological polar surface area (TPSA) is 61.4 Å². The third-order valence-electron chi connectivity index (χ3n) is 3.50. The van der Waals surface area contributed by atoms with Crippen molar-refractivity contribution in [2.24, 2.45) is 0 Å². The van der Waals surface area contributed by atoms with Crippen LogP contribution in [0.5, 0.6) is 0 Å². The Morgan fingerprint density at radius 1 is 1.17 bits per heavy atom. The van der Waals surface area contributed by atoms with Crippen molar-refractivity contribution in [2.45, 2.75) is 19.1 Å². The largest absolute Gasteiger partial charge is 0.391 e. The Morgan fingerprint density at radius 2 is 1.83 bits per heavy atom. The van der Waals surface area contributed by atoms with Gasteiger partial charge >= 0.3 is 0 Å². The summed E-state index contributed by atoms with van der Waals surface area (Å²) in [6.07, 6.45) is -0.908. The molecule has 2 unspecified atom stereocenters. The van der Waals surface area contributed by atoms with E-state index in [4.69, 9.17) is 11.6 Å². The van der Waals surface area contributed by atoms with Crippen LogP contribution in [0.3, 0.4) is 0 Å². The van der Waals surface area contributed by atoms with Gasteiger partial charge in [-0.3, -0.25) is 4.79 Å². The van der Waals surface area contributed by atoms with Crippen LogP contribution in [0.15, 0.2) is 42.5 Å². The number of halogens is 2. The van der Waals surface area contributed by atoms with Gasteiger partial charge in [0.25, 0.3) is 0 Å². The Kier molecular flexibility index (Phi) is 5.71. The molecule has 23 heavy (non-hydrogen) atoms. The van der Waals surface area contributed by atoms with E-state index < -0.39 is 23.9 Å². The minimum atomic E-state index is -0.908. The first-order valence-corrected chi connectivity index (χ1v) is 7.53. The summed E-state index contributed by atoms with van der Waals surface area (Å²) in [5.41, 5.74) is 0.878. The summed E-state index contributed by atoms with van der Waals surface area (Å²) in [5, 5.41) is 15.2. The molecule has 3 N–H and O–H groups in total. The van der Waals surface area contributed by atoms with E-state index in [2.05, 4.69) is 10.6 Å². The second-order valence-electron chi connectivity index (χ2n) is 5.14. The number of likely N-dealkylation sites (N-methyl/N-ethyl adjacent to an activating group) is 1. The average Bonchev–Trinajstić information content (AvgIpc) is 2.50. The molecule has 0 aromatic heterocycles. The summed E-state index contributed by atoms with van der Waals surface area (Å²) in [7, 11) is 1.55. The van der Waals surface area contributed by atoms with E-state index in [9.17, 15) is 14.3 Å². The normalized spacial score (nSPS) is 13.4. The second kappa shape index (κ2) is 7.55. The molecule has 1 amide bonds. The van der Waals surface area contributed by atoms with E-state index >= 15 is 0 Å². The molecule has 0 radical (unpaired) electrons. The Labute approximate surface area is 139 Å². The summed E-state index contributed by atoms with van der Waals surface area (Å²) >= 11 is 6.11. The van der Waals surface area contributed by atoms with E-state index in [0.717, 1.165) is 0 Å². The Balaban J connectivity index is 2.34. The van der Waals surface area contributed by atoms with Gasteiger partial charge in [-0.2, -0.15) is 0 Å². The standard InChI is InChI=1S/C17H18ClFN2O2/c1-10(22)16(20-2)17(23)21-14-9-5-7-12(15(14)19)11-6-3-4-8-13(11)18/h3-10,16,20,22H,1-2H3,(H,21,23). The Bertz CT molecular complexity index is 707. The molecule has 0 heterocycles. The van der Waals surface area contributed by atoms with Crippen LogP contribution in [0.1, 0.15) is 6.92 Å². The zero-order valence-electron chi connectivity index (χ0n) is 12.8. The predicted octanol–water partition coefficient (Wildman–Crippen LogP) is 3.05. The zero-order valence-corrected chi connectivity index (χ0v) is 13.6. The molecule has 6 heteroatoms. The van der Waals surface area contributed by atoms with Gasteiger partial charge in [-0.25, -0.2) is 4.39 Å². The monoisotopic (exact) mass is 336 g/mol. The highest BCUT2D eigenvalue weighted by Crippen LogP contribution is 2.32. The SMILES string of the molecule is CNC(C(=O)Nc1cccc(-c2ccccc2Cl)c1F)C(C)O. The summed E-state index contributed by atoms with van der Waals surface area (Å²) in [6, 6.07) is 10.8. The lowest BCUT2D eigenvalue weighted by molar-refractivity contribution is -0.120. The van der Waals surface area contributed by atoms with E-state index in [1.807, 2.05) is 0 Å². The van der Waals surface area contributed by atoms with Gasteiger partial charge in [0.15, 0.2) is 5.82 Å². The highest BCUT2D eigenvalue weighted by Gasteiger charge is 2.23. The van der Waals surface area contributed by atoms with Crippen molar-refractivity contribution < 1.29 is 14.3 Å². The van der Waals surface area contributed by atoms with Crippen LogP contribution in [0.2, 0.25) is 5.02 Å². The number of hydrogen-bond acceptors (Lipinski definition) is 3. The van der Waals surface area contributed by atoms with Crippen molar-refractivity contribution in [3.8, 4) is 11.1 Å². The maximum absolute atomic E-state index is 14.7. The third kappa shape index (κ3) is 3.88. The van der Waals surface area contributed by atoms with Crippen molar-refractivity contribution in [3.63, 3.8) is 0 Å². The number of nitrogens with one attached hydrogen (secondary N) is 2. The minimum absolute atomic E-state index is 0.0355.